The number of aryl methyl sites for hydroxylation is 1. The lowest BCUT2D eigenvalue weighted by Gasteiger charge is -2.16. The van der Waals surface area contributed by atoms with Gasteiger partial charge in [-0.1, -0.05) is 35.5 Å². The molecule has 0 aliphatic carbocycles. The zero-order valence-corrected chi connectivity index (χ0v) is 10.3. The molecule has 1 unspecified atom stereocenters. The van der Waals surface area contributed by atoms with Gasteiger partial charge in [0.25, 0.3) is 0 Å². The van der Waals surface area contributed by atoms with Crippen molar-refractivity contribution in [3.63, 3.8) is 0 Å². The molecule has 0 bridgehead atoms. The minimum atomic E-state index is 0.0865. The van der Waals surface area contributed by atoms with Crippen LogP contribution in [-0.2, 0) is 6.54 Å². The first-order valence-electron chi connectivity index (χ1n) is 5.98. The Kier molecular flexibility index (Phi) is 4.44. The molecule has 0 radical (unpaired) electrons. The Hall–Kier alpha value is -1.72. The van der Waals surface area contributed by atoms with Crippen molar-refractivity contribution in [1.82, 2.24) is 15.5 Å². The Morgan fingerprint density at radius 1 is 1.33 bits per heavy atom. The van der Waals surface area contributed by atoms with Crippen molar-refractivity contribution in [3.8, 4) is 0 Å². The summed E-state index contributed by atoms with van der Waals surface area (Å²) in [7, 11) is 0. The Balaban J connectivity index is 1.98. The summed E-state index contributed by atoms with van der Waals surface area (Å²) < 4.78 is 5.04. The molecule has 0 aliphatic rings. The van der Waals surface area contributed by atoms with E-state index in [1.807, 2.05) is 30.3 Å². The second kappa shape index (κ2) is 6.28. The van der Waals surface area contributed by atoms with Gasteiger partial charge in [-0.3, -0.25) is 0 Å². The monoisotopic (exact) mass is 247 g/mol. The fourth-order valence-corrected chi connectivity index (χ4v) is 1.82. The van der Waals surface area contributed by atoms with Gasteiger partial charge in [0.2, 0.25) is 5.89 Å². The standard InChI is InChI=1S/C13H17N3O2/c1-10-15-13(18-16-10)9-14-12(7-8-17)11-5-3-2-4-6-11/h2-6,12,14,17H,7-9H2,1H3. The lowest BCUT2D eigenvalue weighted by molar-refractivity contribution is 0.261. The summed E-state index contributed by atoms with van der Waals surface area (Å²) in [4.78, 5) is 4.13. The number of hydrogen-bond acceptors (Lipinski definition) is 5. The van der Waals surface area contributed by atoms with Crippen LogP contribution >= 0.6 is 0 Å². The summed E-state index contributed by atoms with van der Waals surface area (Å²) in [6, 6.07) is 10.1. The van der Waals surface area contributed by atoms with Crippen molar-refractivity contribution in [3.05, 3.63) is 47.6 Å². The van der Waals surface area contributed by atoms with E-state index in [-0.39, 0.29) is 12.6 Å². The molecular weight excluding hydrogens is 230 g/mol. The molecule has 0 aliphatic heterocycles. The predicted octanol–water partition coefficient (Wildman–Crippen LogP) is 1.59. The molecule has 2 rings (SSSR count). The predicted molar refractivity (Wildman–Crippen MR) is 66.8 cm³/mol. The van der Waals surface area contributed by atoms with Crippen molar-refractivity contribution in [1.29, 1.82) is 0 Å². The first-order chi connectivity index (χ1) is 8.79. The van der Waals surface area contributed by atoms with Gasteiger partial charge in [-0.15, -0.1) is 0 Å². The van der Waals surface area contributed by atoms with Crippen LogP contribution in [0.4, 0.5) is 0 Å². The van der Waals surface area contributed by atoms with Gasteiger partial charge in [-0.2, -0.15) is 4.98 Å². The molecule has 2 N–H and O–H groups in total. The number of aliphatic hydroxyl groups is 1. The van der Waals surface area contributed by atoms with E-state index in [0.717, 1.165) is 5.56 Å². The van der Waals surface area contributed by atoms with Crippen molar-refractivity contribution >= 4 is 0 Å². The van der Waals surface area contributed by atoms with Gasteiger partial charge >= 0.3 is 0 Å². The zero-order chi connectivity index (χ0) is 12.8. The van der Waals surface area contributed by atoms with Crippen molar-refractivity contribution in [2.45, 2.75) is 25.9 Å². The van der Waals surface area contributed by atoms with Crippen LogP contribution in [0, 0.1) is 6.92 Å². The normalized spacial score (nSPS) is 12.6. The highest BCUT2D eigenvalue weighted by Crippen LogP contribution is 2.16. The third kappa shape index (κ3) is 3.38. The van der Waals surface area contributed by atoms with Crippen LogP contribution < -0.4 is 5.32 Å². The smallest absolute Gasteiger partial charge is 0.240 e. The highest BCUT2D eigenvalue weighted by Gasteiger charge is 2.11. The van der Waals surface area contributed by atoms with Gasteiger partial charge < -0.3 is 14.9 Å². The van der Waals surface area contributed by atoms with Crippen LogP contribution in [0.1, 0.15) is 29.7 Å². The van der Waals surface area contributed by atoms with Crippen LogP contribution in [-0.4, -0.2) is 21.9 Å². The molecule has 0 spiro atoms. The second-order valence-electron chi connectivity index (χ2n) is 4.09. The van der Waals surface area contributed by atoms with E-state index in [4.69, 9.17) is 9.63 Å². The van der Waals surface area contributed by atoms with Gasteiger partial charge in [0.15, 0.2) is 5.82 Å². The van der Waals surface area contributed by atoms with Crippen molar-refractivity contribution in [2.24, 2.45) is 0 Å². The average Bonchev–Trinajstić information content (AvgIpc) is 2.81. The van der Waals surface area contributed by atoms with Crippen LogP contribution in [0.2, 0.25) is 0 Å². The lowest BCUT2D eigenvalue weighted by atomic mass is 10.0. The molecular formula is C13H17N3O2. The summed E-state index contributed by atoms with van der Waals surface area (Å²) in [6.45, 7) is 2.42. The molecule has 0 fully saturated rings. The topological polar surface area (TPSA) is 71.2 Å². The first kappa shape index (κ1) is 12.7. The minimum absolute atomic E-state index is 0.0865. The SMILES string of the molecule is Cc1noc(CNC(CCO)c2ccccc2)n1. The van der Waals surface area contributed by atoms with Gasteiger partial charge in [0, 0.05) is 12.6 Å². The summed E-state index contributed by atoms with van der Waals surface area (Å²) in [5, 5.41) is 16.2. The van der Waals surface area contributed by atoms with E-state index in [1.165, 1.54) is 0 Å². The Morgan fingerprint density at radius 2 is 2.11 bits per heavy atom. The molecule has 5 heteroatoms. The molecule has 5 nitrogen and oxygen atoms in total. The molecule has 0 amide bonds. The molecule has 1 aromatic carbocycles. The number of benzene rings is 1. The van der Waals surface area contributed by atoms with Gasteiger partial charge in [-0.25, -0.2) is 0 Å². The van der Waals surface area contributed by atoms with E-state index in [0.29, 0.717) is 24.7 Å². The summed E-state index contributed by atoms with van der Waals surface area (Å²) in [6.07, 6.45) is 0.650. The van der Waals surface area contributed by atoms with Crippen molar-refractivity contribution < 1.29 is 9.63 Å². The van der Waals surface area contributed by atoms with E-state index >= 15 is 0 Å². The molecule has 1 heterocycles. The van der Waals surface area contributed by atoms with E-state index in [2.05, 4.69) is 15.5 Å². The number of nitrogens with one attached hydrogen (secondary N) is 1. The number of nitrogens with zero attached hydrogens (tertiary/aromatic N) is 2. The van der Waals surface area contributed by atoms with Gasteiger partial charge in [0.05, 0.1) is 6.54 Å². The molecule has 1 atom stereocenters. The Bertz CT molecular complexity index is 470. The molecule has 96 valence electrons. The summed E-state index contributed by atoms with van der Waals surface area (Å²) in [5.74, 6) is 1.19. The third-order valence-electron chi connectivity index (χ3n) is 2.69. The number of rotatable bonds is 6. The molecule has 0 saturated carbocycles. The van der Waals surface area contributed by atoms with Crippen molar-refractivity contribution in [2.75, 3.05) is 6.61 Å². The van der Waals surface area contributed by atoms with E-state index < -0.39 is 0 Å². The quantitative estimate of drug-likeness (QED) is 0.811. The summed E-state index contributed by atoms with van der Waals surface area (Å²) in [5.41, 5.74) is 1.14. The molecule has 2 aromatic rings. The van der Waals surface area contributed by atoms with Gasteiger partial charge in [0.1, 0.15) is 0 Å². The molecule has 18 heavy (non-hydrogen) atoms. The van der Waals surface area contributed by atoms with Gasteiger partial charge in [-0.05, 0) is 18.9 Å². The highest BCUT2D eigenvalue weighted by molar-refractivity contribution is 5.18. The average molecular weight is 247 g/mol. The summed E-state index contributed by atoms with van der Waals surface area (Å²) >= 11 is 0. The maximum Gasteiger partial charge on any atom is 0.240 e. The Morgan fingerprint density at radius 3 is 2.72 bits per heavy atom. The van der Waals surface area contributed by atoms with Crippen LogP contribution in [0.5, 0.6) is 0 Å². The van der Waals surface area contributed by atoms with Crippen LogP contribution in [0.15, 0.2) is 34.9 Å². The number of aliphatic hydroxyl groups excluding tert-OH is 1. The first-order valence-corrected chi connectivity index (χ1v) is 5.98. The zero-order valence-electron chi connectivity index (χ0n) is 10.3. The largest absolute Gasteiger partial charge is 0.396 e. The number of aromatic nitrogens is 2. The van der Waals surface area contributed by atoms with Crippen LogP contribution in [0.25, 0.3) is 0 Å². The van der Waals surface area contributed by atoms with E-state index in [1.54, 1.807) is 6.92 Å². The molecule has 0 saturated heterocycles. The second-order valence-corrected chi connectivity index (χ2v) is 4.09. The lowest BCUT2D eigenvalue weighted by Crippen LogP contribution is -2.22. The minimum Gasteiger partial charge on any atom is -0.396 e. The maximum atomic E-state index is 9.11. The fraction of sp³-hybridized carbons (Fsp3) is 0.385. The maximum absolute atomic E-state index is 9.11. The van der Waals surface area contributed by atoms with E-state index in [9.17, 15) is 0 Å². The van der Waals surface area contributed by atoms with Crippen LogP contribution in [0.3, 0.4) is 0 Å². The highest BCUT2D eigenvalue weighted by atomic mass is 16.5. The fourth-order valence-electron chi connectivity index (χ4n) is 1.82. The number of hydrogen-bond donors (Lipinski definition) is 2. The molecule has 1 aromatic heterocycles. The third-order valence-corrected chi connectivity index (χ3v) is 2.69. The Labute approximate surface area is 106 Å².